The fraction of sp³-hybridized carbons (Fsp3) is 0.333. The molecule has 0 bridgehead atoms. The highest BCUT2D eigenvalue weighted by Crippen LogP contribution is 2.28. The maximum Gasteiger partial charge on any atom is 0.261 e. The Balaban J connectivity index is 1.61. The van der Waals surface area contributed by atoms with Crippen LogP contribution in [-0.4, -0.2) is 24.3 Å². The van der Waals surface area contributed by atoms with Gasteiger partial charge in [0.1, 0.15) is 5.82 Å². The van der Waals surface area contributed by atoms with Crippen LogP contribution in [0.4, 0.5) is 0 Å². The number of thioether (sulfide) groups is 1. The number of rotatable bonds is 5. The molecule has 0 spiro atoms. The second-order valence-electron chi connectivity index (χ2n) is 8.58. The van der Waals surface area contributed by atoms with E-state index < -0.39 is 0 Å². The Morgan fingerprint density at radius 3 is 2.39 bits per heavy atom. The quantitative estimate of drug-likeness (QED) is 0.423. The van der Waals surface area contributed by atoms with Gasteiger partial charge in [0, 0.05) is 19.2 Å². The molecule has 0 aliphatic carbocycles. The number of para-hydroxylation sites is 1. The molecule has 0 amide bonds. The normalized spacial score (nSPS) is 11.9. The van der Waals surface area contributed by atoms with Gasteiger partial charge < -0.3 is 4.57 Å². The SMILES string of the molecule is CCn1c(SCc2nc3ccccc3c(=O)n2C)nnc1-c1ccc(C(C)(C)C)cc1. The minimum Gasteiger partial charge on any atom is -0.302 e. The van der Waals surface area contributed by atoms with Crippen LogP contribution in [0.2, 0.25) is 0 Å². The fourth-order valence-electron chi connectivity index (χ4n) is 3.54. The van der Waals surface area contributed by atoms with Gasteiger partial charge in [0.2, 0.25) is 0 Å². The molecule has 0 fully saturated rings. The summed E-state index contributed by atoms with van der Waals surface area (Å²) in [6.45, 7) is 9.47. The summed E-state index contributed by atoms with van der Waals surface area (Å²) < 4.78 is 3.73. The van der Waals surface area contributed by atoms with E-state index in [1.165, 1.54) is 5.56 Å². The molecule has 0 radical (unpaired) electrons. The molecular formula is C24H27N5OS. The third-order valence-electron chi connectivity index (χ3n) is 5.45. The number of aromatic nitrogens is 5. The number of hydrogen-bond acceptors (Lipinski definition) is 5. The zero-order valence-electron chi connectivity index (χ0n) is 18.6. The van der Waals surface area contributed by atoms with E-state index >= 15 is 0 Å². The van der Waals surface area contributed by atoms with Crippen molar-refractivity contribution < 1.29 is 0 Å². The highest BCUT2D eigenvalue weighted by atomic mass is 32.2. The standard InChI is InChI=1S/C24H27N5OS/c1-6-29-21(16-11-13-17(14-12-16)24(2,3)4)26-27-23(29)31-15-20-25-19-10-8-7-9-18(19)22(30)28(20)5/h7-14H,6,15H2,1-5H3. The van der Waals surface area contributed by atoms with Crippen molar-refractivity contribution in [3.63, 3.8) is 0 Å². The van der Waals surface area contributed by atoms with Gasteiger partial charge in [0.05, 0.1) is 16.7 Å². The monoisotopic (exact) mass is 433 g/mol. The van der Waals surface area contributed by atoms with Crippen LogP contribution in [0.25, 0.3) is 22.3 Å². The molecule has 31 heavy (non-hydrogen) atoms. The summed E-state index contributed by atoms with van der Waals surface area (Å²) in [6, 6.07) is 16.0. The Morgan fingerprint density at radius 2 is 1.71 bits per heavy atom. The molecule has 2 aromatic carbocycles. The second-order valence-corrected chi connectivity index (χ2v) is 9.52. The molecule has 0 aliphatic rings. The van der Waals surface area contributed by atoms with Crippen molar-refractivity contribution in [2.45, 2.75) is 50.6 Å². The van der Waals surface area contributed by atoms with Gasteiger partial charge in [-0.25, -0.2) is 4.98 Å². The highest BCUT2D eigenvalue weighted by molar-refractivity contribution is 7.98. The third-order valence-corrected chi connectivity index (χ3v) is 6.41. The van der Waals surface area contributed by atoms with Gasteiger partial charge in [-0.15, -0.1) is 10.2 Å². The Hall–Kier alpha value is -2.93. The Morgan fingerprint density at radius 1 is 1.00 bits per heavy atom. The van der Waals surface area contributed by atoms with Gasteiger partial charge >= 0.3 is 0 Å². The zero-order chi connectivity index (χ0) is 22.2. The van der Waals surface area contributed by atoms with Gasteiger partial charge in [0.25, 0.3) is 5.56 Å². The molecule has 4 aromatic rings. The van der Waals surface area contributed by atoms with E-state index in [0.717, 1.165) is 34.4 Å². The van der Waals surface area contributed by atoms with Crippen LogP contribution < -0.4 is 5.56 Å². The Bertz CT molecular complexity index is 1280. The molecule has 160 valence electrons. The van der Waals surface area contributed by atoms with Gasteiger partial charge in [-0.2, -0.15) is 0 Å². The van der Waals surface area contributed by atoms with E-state index in [0.29, 0.717) is 11.1 Å². The van der Waals surface area contributed by atoms with Crippen LogP contribution in [-0.2, 0) is 24.8 Å². The van der Waals surface area contributed by atoms with Crippen molar-refractivity contribution >= 4 is 22.7 Å². The summed E-state index contributed by atoms with van der Waals surface area (Å²) in [5, 5.41) is 10.3. The van der Waals surface area contributed by atoms with Crippen molar-refractivity contribution in [1.82, 2.24) is 24.3 Å². The molecule has 6 nitrogen and oxygen atoms in total. The summed E-state index contributed by atoms with van der Waals surface area (Å²) >= 11 is 1.55. The molecule has 4 rings (SSSR count). The molecule has 2 aromatic heterocycles. The number of hydrogen-bond donors (Lipinski definition) is 0. The maximum absolute atomic E-state index is 12.7. The molecule has 0 saturated carbocycles. The van der Waals surface area contributed by atoms with Gasteiger partial charge in [-0.1, -0.05) is 68.9 Å². The minimum absolute atomic E-state index is 0.0298. The van der Waals surface area contributed by atoms with Crippen LogP contribution in [0, 0.1) is 0 Å². The largest absolute Gasteiger partial charge is 0.302 e. The Kier molecular flexibility index (Phi) is 5.71. The van der Waals surface area contributed by atoms with E-state index in [2.05, 4.69) is 71.7 Å². The average molecular weight is 434 g/mol. The molecule has 0 aliphatic heterocycles. The number of nitrogens with zero attached hydrogens (tertiary/aromatic N) is 5. The van der Waals surface area contributed by atoms with Crippen molar-refractivity contribution in [2.24, 2.45) is 7.05 Å². The van der Waals surface area contributed by atoms with Gasteiger partial charge in [-0.05, 0) is 30.0 Å². The fourth-order valence-corrected chi connectivity index (χ4v) is 4.52. The third kappa shape index (κ3) is 4.14. The molecule has 0 unspecified atom stereocenters. The van der Waals surface area contributed by atoms with E-state index in [1.54, 1.807) is 23.4 Å². The summed E-state index contributed by atoms with van der Waals surface area (Å²) in [6.07, 6.45) is 0. The lowest BCUT2D eigenvalue weighted by atomic mass is 9.87. The first-order valence-corrected chi connectivity index (χ1v) is 11.4. The first-order valence-electron chi connectivity index (χ1n) is 10.4. The topological polar surface area (TPSA) is 65.6 Å². The van der Waals surface area contributed by atoms with Crippen molar-refractivity contribution in [3.05, 3.63) is 70.3 Å². The first-order chi connectivity index (χ1) is 14.8. The highest BCUT2D eigenvalue weighted by Gasteiger charge is 2.17. The maximum atomic E-state index is 12.7. The second kappa shape index (κ2) is 8.30. The number of fused-ring (bicyclic) bond motifs is 1. The molecule has 0 atom stereocenters. The summed E-state index contributed by atoms with van der Waals surface area (Å²) in [5.74, 6) is 2.11. The lowest BCUT2D eigenvalue weighted by molar-refractivity contribution is 0.590. The molecule has 2 heterocycles. The molecule has 0 saturated heterocycles. The lowest BCUT2D eigenvalue weighted by Gasteiger charge is -2.19. The van der Waals surface area contributed by atoms with Crippen LogP contribution in [0.3, 0.4) is 0 Å². The van der Waals surface area contributed by atoms with Crippen molar-refractivity contribution in [1.29, 1.82) is 0 Å². The van der Waals surface area contributed by atoms with Crippen LogP contribution >= 0.6 is 11.8 Å². The smallest absolute Gasteiger partial charge is 0.261 e. The zero-order valence-corrected chi connectivity index (χ0v) is 19.4. The number of benzene rings is 2. The average Bonchev–Trinajstić information content (AvgIpc) is 3.17. The van der Waals surface area contributed by atoms with E-state index in [9.17, 15) is 4.79 Å². The van der Waals surface area contributed by atoms with E-state index in [1.807, 2.05) is 24.3 Å². The van der Waals surface area contributed by atoms with Crippen LogP contribution in [0.1, 0.15) is 39.1 Å². The molecule has 7 heteroatoms. The Labute approximate surface area is 186 Å². The summed E-state index contributed by atoms with van der Waals surface area (Å²) in [7, 11) is 1.77. The minimum atomic E-state index is -0.0298. The lowest BCUT2D eigenvalue weighted by Crippen LogP contribution is -2.22. The van der Waals surface area contributed by atoms with E-state index in [-0.39, 0.29) is 11.0 Å². The molecule has 0 N–H and O–H groups in total. The van der Waals surface area contributed by atoms with Crippen molar-refractivity contribution in [2.75, 3.05) is 0 Å². The first kappa shape index (κ1) is 21.3. The molecular weight excluding hydrogens is 406 g/mol. The summed E-state index contributed by atoms with van der Waals surface area (Å²) in [5.41, 5.74) is 3.14. The summed E-state index contributed by atoms with van der Waals surface area (Å²) in [4.78, 5) is 17.3. The van der Waals surface area contributed by atoms with E-state index in [4.69, 9.17) is 0 Å². The van der Waals surface area contributed by atoms with Gasteiger partial charge in [0.15, 0.2) is 11.0 Å². The van der Waals surface area contributed by atoms with Gasteiger partial charge in [-0.3, -0.25) is 9.36 Å². The van der Waals surface area contributed by atoms with Crippen LogP contribution in [0.5, 0.6) is 0 Å². The van der Waals surface area contributed by atoms with Crippen molar-refractivity contribution in [3.8, 4) is 11.4 Å². The van der Waals surface area contributed by atoms with Crippen LogP contribution in [0.15, 0.2) is 58.5 Å². The predicted octanol–water partition coefficient (Wildman–Crippen LogP) is 4.80. The predicted molar refractivity (Wildman–Crippen MR) is 126 cm³/mol.